The molecule has 4 heterocycles. The highest BCUT2D eigenvalue weighted by molar-refractivity contribution is 5.91. The molecule has 4 aromatic rings. The van der Waals surface area contributed by atoms with Gasteiger partial charge in [0, 0.05) is 48.1 Å². The van der Waals surface area contributed by atoms with Gasteiger partial charge in [-0.1, -0.05) is 49.2 Å². The number of phenolic OH excluding ortho intramolecular Hbond substituents is 1. The van der Waals surface area contributed by atoms with E-state index in [1.54, 1.807) is 12.1 Å². The lowest BCUT2D eigenvalue weighted by atomic mass is 9.80. The zero-order valence-electron chi connectivity index (χ0n) is 28.5. The normalized spacial score (nSPS) is 23.8. The largest absolute Gasteiger partial charge is 0.506 e. The molecule has 10 heteroatoms. The molecule has 0 radical (unpaired) electrons. The average Bonchev–Trinajstić information content (AvgIpc) is 3.70. The van der Waals surface area contributed by atoms with E-state index in [9.17, 15) is 24.9 Å². The van der Waals surface area contributed by atoms with Crippen LogP contribution in [0.2, 0.25) is 0 Å². The Morgan fingerprint density at radius 2 is 1.66 bits per heavy atom. The number of phenols is 1. The summed E-state index contributed by atoms with van der Waals surface area (Å²) in [5, 5.41) is 39.9. The molecule has 3 aliphatic heterocycles. The number of aliphatic hydroxyl groups is 2. The van der Waals surface area contributed by atoms with E-state index in [4.69, 9.17) is 4.74 Å². The van der Waals surface area contributed by atoms with Crippen molar-refractivity contribution >= 4 is 28.2 Å². The molecule has 10 nitrogen and oxygen atoms in total. The highest BCUT2D eigenvalue weighted by atomic mass is 16.5. The Kier molecular flexibility index (Phi) is 9.97. The third-order valence-electron chi connectivity index (χ3n) is 11.6. The Hall–Kier alpha value is -4.22. The second kappa shape index (κ2) is 14.6. The van der Waals surface area contributed by atoms with Crippen LogP contribution in [0.4, 0.5) is 11.4 Å². The van der Waals surface area contributed by atoms with Crippen LogP contribution in [-0.2, 0) is 15.1 Å². The van der Waals surface area contributed by atoms with Crippen LogP contribution in [0.25, 0.3) is 10.9 Å². The summed E-state index contributed by atoms with van der Waals surface area (Å²) in [5.41, 5.74) is 2.04. The molecule has 3 atom stereocenters. The predicted molar refractivity (Wildman–Crippen MR) is 194 cm³/mol. The third kappa shape index (κ3) is 7.30. The molecular weight excluding hydrogens is 632 g/mol. The first-order chi connectivity index (χ1) is 24.2. The maximum absolute atomic E-state index is 13.1. The Morgan fingerprint density at radius 3 is 2.40 bits per heavy atom. The van der Waals surface area contributed by atoms with E-state index in [1.807, 2.05) is 54.6 Å². The van der Waals surface area contributed by atoms with Gasteiger partial charge in [-0.25, -0.2) is 0 Å². The van der Waals surface area contributed by atoms with Gasteiger partial charge in [-0.05, 0) is 66.3 Å². The van der Waals surface area contributed by atoms with Crippen LogP contribution < -0.4 is 16.2 Å². The van der Waals surface area contributed by atoms with E-state index in [1.165, 1.54) is 12.1 Å². The number of pyridine rings is 1. The number of quaternary nitrogens is 1. The van der Waals surface area contributed by atoms with Crippen molar-refractivity contribution in [1.82, 2.24) is 4.98 Å². The van der Waals surface area contributed by atoms with E-state index in [-0.39, 0.29) is 35.8 Å². The number of fused-ring (bicyclic) bond motifs is 4. The zero-order chi connectivity index (χ0) is 34.7. The van der Waals surface area contributed by atoms with Crippen LogP contribution in [0.1, 0.15) is 62.2 Å². The first kappa shape index (κ1) is 34.2. The minimum absolute atomic E-state index is 0.0178. The smallest absolute Gasteiger partial charge is 0.248 e. The van der Waals surface area contributed by atoms with Crippen LogP contribution in [0.5, 0.6) is 5.75 Å². The van der Waals surface area contributed by atoms with Crippen LogP contribution in [-0.4, -0.2) is 76.1 Å². The Labute approximate surface area is 292 Å². The highest BCUT2D eigenvalue weighted by Crippen LogP contribution is 2.43. The van der Waals surface area contributed by atoms with Gasteiger partial charge in [-0.2, -0.15) is 0 Å². The van der Waals surface area contributed by atoms with E-state index in [0.29, 0.717) is 41.1 Å². The van der Waals surface area contributed by atoms with Crippen molar-refractivity contribution in [2.75, 3.05) is 50.0 Å². The quantitative estimate of drug-likeness (QED) is 0.104. The number of amides is 1. The van der Waals surface area contributed by atoms with Crippen molar-refractivity contribution in [1.29, 1.82) is 0 Å². The summed E-state index contributed by atoms with van der Waals surface area (Å²) in [6.45, 7) is 4.31. The molecule has 4 aliphatic rings. The van der Waals surface area contributed by atoms with Crippen molar-refractivity contribution in [3.8, 4) is 5.75 Å². The minimum atomic E-state index is -0.969. The summed E-state index contributed by atoms with van der Waals surface area (Å²) in [6, 6.07) is 23.5. The fraction of sp³-hybridized carbons (Fsp3) is 0.450. The van der Waals surface area contributed by atoms with Crippen molar-refractivity contribution in [3.63, 3.8) is 0 Å². The summed E-state index contributed by atoms with van der Waals surface area (Å²) >= 11 is 0. The van der Waals surface area contributed by atoms with Gasteiger partial charge in [0.25, 0.3) is 0 Å². The lowest BCUT2D eigenvalue weighted by molar-refractivity contribution is -0.946. The maximum atomic E-state index is 13.1. The molecule has 3 aromatic carbocycles. The third-order valence-corrected chi connectivity index (χ3v) is 11.6. The second-order valence-corrected chi connectivity index (χ2v) is 14.7. The van der Waals surface area contributed by atoms with Gasteiger partial charge >= 0.3 is 0 Å². The molecule has 1 saturated carbocycles. The number of aromatic hydroxyl groups is 1. The average molecular weight is 682 g/mol. The van der Waals surface area contributed by atoms with Gasteiger partial charge in [0.1, 0.15) is 24.0 Å². The first-order valence-electron chi connectivity index (χ1n) is 18.1. The molecule has 1 aliphatic carbocycles. The van der Waals surface area contributed by atoms with Gasteiger partial charge in [0.05, 0.1) is 44.3 Å². The number of nitrogens with one attached hydrogen (secondary N) is 3. The number of anilines is 2. The number of carbonyl (C=O) groups is 1. The van der Waals surface area contributed by atoms with Crippen LogP contribution in [0.15, 0.2) is 83.7 Å². The fourth-order valence-corrected chi connectivity index (χ4v) is 8.63. The number of carbonyl (C=O) groups excluding carboxylic acids is 1. The van der Waals surface area contributed by atoms with Crippen molar-refractivity contribution in [3.05, 3.63) is 100 Å². The summed E-state index contributed by atoms with van der Waals surface area (Å²) in [5.74, 6) is 0.654. The zero-order valence-corrected chi connectivity index (χ0v) is 28.5. The topological polar surface area (TPSA) is 144 Å². The lowest BCUT2D eigenvalue weighted by Gasteiger charge is -2.52. The molecule has 1 aromatic heterocycles. The molecule has 6 N–H and O–H groups in total. The molecule has 1 amide bonds. The number of rotatable bonds is 13. The number of H-pyrrole nitrogens is 1. The van der Waals surface area contributed by atoms with Crippen LogP contribution >= 0.6 is 0 Å². The van der Waals surface area contributed by atoms with E-state index in [0.717, 1.165) is 80.4 Å². The van der Waals surface area contributed by atoms with Crippen molar-refractivity contribution in [2.45, 2.75) is 62.8 Å². The van der Waals surface area contributed by atoms with Gasteiger partial charge in [0.2, 0.25) is 11.5 Å². The summed E-state index contributed by atoms with van der Waals surface area (Å²) in [4.78, 5) is 27.4. The Balaban J connectivity index is 0.903. The fourth-order valence-electron chi connectivity index (χ4n) is 8.63. The Morgan fingerprint density at radius 1 is 0.940 bits per heavy atom. The molecule has 8 rings (SSSR count). The number of ether oxygens (including phenoxy) is 1. The summed E-state index contributed by atoms with van der Waals surface area (Å²) in [6.07, 6.45) is 6.18. The summed E-state index contributed by atoms with van der Waals surface area (Å²) < 4.78 is 7.55. The number of benzene rings is 3. The summed E-state index contributed by atoms with van der Waals surface area (Å²) in [7, 11) is 0. The number of nitrogens with zero attached hydrogens (tertiary/aromatic N) is 1. The molecule has 3 saturated heterocycles. The van der Waals surface area contributed by atoms with Gasteiger partial charge in [-0.3, -0.25) is 9.59 Å². The van der Waals surface area contributed by atoms with Crippen LogP contribution in [0.3, 0.4) is 0 Å². The number of aromatic amines is 1. The molecule has 0 unspecified atom stereocenters. The molecule has 4 fully saturated rings. The Bertz CT molecular complexity index is 1830. The highest BCUT2D eigenvalue weighted by Gasteiger charge is 2.48. The standard InChI is InChI=1S/C40H48N4O6/c45-34-16-14-32(33-15-17-37(47)43-39(33)34)35(46)24-41-30-10-12-31(13-11-30)42-38(48)20-23-44-21-18-27(19-22-44)36(25-44)50-26-40(49,29-8-4-5-9-29)28-6-2-1-3-7-28/h1-3,6-7,10-17,27,29,35-36,41,46,49H,4-5,8-9,18-26H2,(H2-,42,43,45,47,48)/p+1/t27?,35-,36-,40+,44?/m0/s1. The predicted octanol–water partition coefficient (Wildman–Crippen LogP) is 5.41. The van der Waals surface area contributed by atoms with E-state index in [2.05, 4.69) is 15.6 Å². The van der Waals surface area contributed by atoms with Crippen molar-refractivity contribution in [2.24, 2.45) is 11.8 Å². The molecular formula is C40H49N4O6+. The first-order valence-corrected chi connectivity index (χ1v) is 18.1. The van der Waals surface area contributed by atoms with Gasteiger partial charge in [-0.15, -0.1) is 0 Å². The minimum Gasteiger partial charge on any atom is -0.506 e. The lowest BCUT2D eigenvalue weighted by Crippen LogP contribution is -2.65. The maximum Gasteiger partial charge on any atom is 0.248 e. The molecule has 0 spiro atoms. The molecule has 2 bridgehead atoms. The number of piperidine rings is 3. The van der Waals surface area contributed by atoms with E-state index < -0.39 is 11.7 Å². The van der Waals surface area contributed by atoms with Crippen LogP contribution in [0, 0.1) is 11.8 Å². The second-order valence-electron chi connectivity index (χ2n) is 14.7. The molecule has 264 valence electrons. The number of hydrogen-bond acceptors (Lipinski definition) is 7. The van der Waals surface area contributed by atoms with Gasteiger partial charge in [0.15, 0.2) is 0 Å². The number of hydrogen-bond donors (Lipinski definition) is 6. The van der Waals surface area contributed by atoms with Gasteiger partial charge < -0.3 is 40.2 Å². The number of aromatic nitrogens is 1. The van der Waals surface area contributed by atoms with Crippen molar-refractivity contribution < 1.29 is 29.3 Å². The van der Waals surface area contributed by atoms with E-state index >= 15 is 0 Å². The monoisotopic (exact) mass is 681 g/mol. The SMILES string of the molecule is O=C(CC[N+]12CCC(CC1)[C@@H](OC[C@@](O)(c1ccccc1)C1CCCC1)C2)Nc1ccc(NC[C@H](O)c2ccc(O)c3[nH]c(=O)ccc23)cc1. The number of aliphatic hydroxyl groups excluding tert-OH is 1. The molecule has 50 heavy (non-hydrogen) atoms.